The molecule has 7 heteroatoms. The van der Waals surface area contributed by atoms with Crippen LogP contribution in [-0.2, 0) is 6.61 Å². The van der Waals surface area contributed by atoms with Crippen molar-refractivity contribution in [3.05, 3.63) is 64.8 Å². The predicted octanol–water partition coefficient (Wildman–Crippen LogP) is 4.38. The molecule has 0 aliphatic carbocycles. The number of carbonyl (C=O) groups is 1. The molecule has 1 N–H and O–H groups in total. The highest BCUT2D eigenvalue weighted by Gasteiger charge is 2.21. The van der Waals surface area contributed by atoms with E-state index in [1.807, 2.05) is 36.4 Å². The molecule has 0 atom stereocenters. The highest BCUT2D eigenvalue weighted by atomic mass is 32.1. The Kier molecular flexibility index (Phi) is 7.73. The first-order valence-corrected chi connectivity index (χ1v) is 12.1. The van der Waals surface area contributed by atoms with Gasteiger partial charge in [0, 0.05) is 48.4 Å². The highest BCUT2D eigenvalue weighted by molar-refractivity contribution is 7.21. The van der Waals surface area contributed by atoms with E-state index in [2.05, 4.69) is 22.0 Å². The third-order valence-electron chi connectivity index (χ3n) is 5.94. The Morgan fingerprint density at radius 3 is 2.56 bits per heavy atom. The maximum atomic E-state index is 14.6. The summed E-state index contributed by atoms with van der Waals surface area (Å²) in [5.74, 6) is 0.210. The minimum absolute atomic E-state index is 0.148. The molecule has 1 fully saturated rings. The maximum Gasteiger partial charge on any atom is 0.261 e. The number of hydrogen-bond donors (Lipinski definition) is 1. The van der Waals surface area contributed by atoms with Gasteiger partial charge in [0.05, 0.1) is 4.88 Å². The molecular weight excluding hydrogens is 425 g/mol. The van der Waals surface area contributed by atoms with Gasteiger partial charge in [-0.2, -0.15) is 0 Å². The van der Waals surface area contributed by atoms with Crippen LogP contribution in [0.15, 0.2) is 48.5 Å². The number of carbonyl (C=O) groups excluding carboxylic acids is 1. The third kappa shape index (κ3) is 5.46. The van der Waals surface area contributed by atoms with Gasteiger partial charge < -0.3 is 19.9 Å². The van der Waals surface area contributed by atoms with Crippen molar-refractivity contribution in [1.82, 2.24) is 15.1 Å². The number of nitrogens with zero attached hydrogens (tertiary/aromatic N) is 2. The Morgan fingerprint density at radius 1 is 1.06 bits per heavy atom. The van der Waals surface area contributed by atoms with E-state index >= 15 is 0 Å². The number of rotatable bonds is 9. The second-order valence-electron chi connectivity index (χ2n) is 8.01. The number of halogens is 1. The summed E-state index contributed by atoms with van der Waals surface area (Å²) >= 11 is 1.32. The fourth-order valence-electron chi connectivity index (χ4n) is 4.07. The summed E-state index contributed by atoms with van der Waals surface area (Å²) in [6, 6.07) is 14.3. The lowest BCUT2D eigenvalue weighted by Crippen LogP contribution is -2.46. The van der Waals surface area contributed by atoms with Crippen molar-refractivity contribution in [3.63, 3.8) is 0 Å². The number of thiophene rings is 1. The predicted molar refractivity (Wildman–Crippen MR) is 128 cm³/mol. The molecule has 1 aliphatic rings. The average molecular weight is 456 g/mol. The van der Waals surface area contributed by atoms with Gasteiger partial charge in [-0.25, -0.2) is 4.39 Å². The van der Waals surface area contributed by atoms with E-state index in [0.29, 0.717) is 28.1 Å². The van der Waals surface area contributed by atoms with Gasteiger partial charge in [0.25, 0.3) is 5.91 Å². The summed E-state index contributed by atoms with van der Waals surface area (Å²) in [7, 11) is 0. The first-order valence-electron chi connectivity index (χ1n) is 11.3. The SMILES string of the molecule is CCN1CCN(CCCNC(=O)c2sc3cccc(F)c3c2COc2ccccc2)CC1. The van der Waals surface area contributed by atoms with Crippen LogP contribution in [0.3, 0.4) is 0 Å². The van der Waals surface area contributed by atoms with E-state index < -0.39 is 0 Å². The van der Waals surface area contributed by atoms with E-state index in [1.54, 1.807) is 6.07 Å². The molecule has 170 valence electrons. The van der Waals surface area contributed by atoms with Gasteiger partial charge >= 0.3 is 0 Å². The lowest BCUT2D eigenvalue weighted by Gasteiger charge is -2.33. The van der Waals surface area contributed by atoms with Gasteiger partial charge in [0.1, 0.15) is 18.2 Å². The molecule has 1 aromatic heterocycles. The minimum Gasteiger partial charge on any atom is -0.489 e. The Balaban J connectivity index is 1.39. The second kappa shape index (κ2) is 10.9. The van der Waals surface area contributed by atoms with E-state index in [0.717, 1.165) is 50.4 Å². The van der Waals surface area contributed by atoms with Gasteiger partial charge in [0.2, 0.25) is 0 Å². The Hall–Kier alpha value is -2.48. The second-order valence-corrected chi connectivity index (χ2v) is 9.06. The number of likely N-dealkylation sites (N-methyl/N-ethyl adjacent to an activating group) is 1. The van der Waals surface area contributed by atoms with Crippen molar-refractivity contribution >= 4 is 27.3 Å². The van der Waals surface area contributed by atoms with Crippen molar-refractivity contribution in [1.29, 1.82) is 0 Å². The molecule has 0 radical (unpaired) electrons. The van der Waals surface area contributed by atoms with Crippen LogP contribution in [-0.4, -0.2) is 61.5 Å². The molecule has 1 saturated heterocycles. The zero-order chi connectivity index (χ0) is 22.3. The lowest BCUT2D eigenvalue weighted by atomic mass is 10.1. The zero-order valence-electron chi connectivity index (χ0n) is 18.5. The number of para-hydroxylation sites is 1. The standard InChI is InChI=1S/C25H30FN3O2S/c1-2-28-14-16-29(17-15-28)13-7-12-27-25(30)24-20(18-31-19-8-4-3-5-9-19)23-21(26)10-6-11-22(23)32-24/h3-6,8-11H,2,7,12-18H2,1H3,(H,27,30). The van der Waals surface area contributed by atoms with Crippen molar-refractivity contribution in [2.24, 2.45) is 0 Å². The Bertz CT molecular complexity index is 1030. The fourth-order valence-corrected chi connectivity index (χ4v) is 5.21. The molecule has 5 nitrogen and oxygen atoms in total. The highest BCUT2D eigenvalue weighted by Crippen LogP contribution is 2.34. The van der Waals surface area contributed by atoms with Crippen molar-refractivity contribution in [3.8, 4) is 5.75 Å². The summed E-state index contributed by atoms with van der Waals surface area (Å²) in [4.78, 5) is 18.4. The first-order chi connectivity index (χ1) is 15.7. The number of fused-ring (bicyclic) bond motifs is 1. The van der Waals surface area contributed by atoms with Crippen molar-refractivity contribution in [2.45, 2.75) is 20.0 Å². The molecule has 2 aromatic carbocycles. The molecule has 0 bridgehead atoms. The van der Waals surface area contributed by atoms with Crippen molar-refractivity contribution in [2.75, 3.05) is 45.8 Å². The topological polar surface area (TPSA) is 44.8 Å². The van der Waals surface area contributed by atoms with Gasteiger partial charge in [-0.15, -0.1) is 11.3 Å². The molecule has 0 unspecified atom stereocenters. The molecule has 32 heavy (non-hydrogen) atoms. The molecule has 4 rings (SSSR count). The van der Waals surface area contributed by atoms with Crippen LogP contribution in [0.5, 0.6) is 5.75 Å². The van der Waals surface area contributed by atoms with Gasteiger partial charge in [-0.3, -0.25) is 4.79 Å². The molecular formula is C25H30FN3O2S. The lowest BCUT2D eigenvalue weighted by molar-refractivity contribution is 0.0950. The third-order valence-corrected chi connectivity index (χ3v) is 7.14. The van der Waals surface area contributed by atoms with Crippen LogP contribution in [0.1, 0.15) is 28.6 Å². The molecule has 3 aromatic rings. The van der Waals surface area contributed by atoms with Gasteiger partial charge in [-0.05, 0) is 43.8 Å². The summed E-state index contributed by atoms with van der Waals surface area (Å²) < 4.78 is 21.3. The molecule has 2 heterocycles. The maximum absolute atomic E-state index is 14.6. The largest absolute Gasteiger partial charge is 0.489 e. The zero-order valence-corrected chi connectivity index (χ0v) is 19.3. The normalized spacial score (nSPS) is 15.2. The van der Waals surface area contributed by atoms with Crippen LogP contribution in [0.2, 0.25) is 0 Å². The summed E-state index contributed by atoms with van der Waals surface area (Å²) in [5.41, 5.74) is 0.611. The van der Waals surface area contributed by atoms with E-state index in [1.165, 1.54) is 17.4 Å². The van der Waals surface area contributed by atoms with Gasteiger partial charge in [-0.1, -0.05) is 31.2 Å². The first kappa shape index (κ1) is 22.7. The number of benzene rings is 2. The van der Waals surface area contributed by atoms with Crippen LogP contribution < -0.4 is 10.1 Å². The Morgan fingerprint density at radius 2 is 1.81 bits per heavy atom. The number of piperazine rings is 1. The summed E-state index contributed by atoms with van der Waals surface area (Å²) in [6.45, 7) is 9.42. The van der Waals surface area contributed by atoms with E-state index in [4.69, 9.17) is 4.74 Å². The number of amides is 1. The number of hydrogen-bond acceptors (Lipinski definition) is 5. The number of nitrogens with one attached hydrogen (secondary N) is 1. The van der Waals surface area contributed by atoms with Gasteiger partial charge in [0.15, 0.2) is 0 Å². The fraction of sp³-hybridized carbons (Fsp3) is 0.400. The van der Waals surface area contributed by atoms with Crippen molar-refractivity contribution < 1.29 is 13.9 Å². The molecule has 0 saturated carbocycles. The van der Waals surface area contributed by atoms with E-state index in [9.17, 15) is 9.18 Å². The minimum atomic E-state index is -0.323. The average Bonchev–Trinajstić information content (AvgIpc) is 3.21. The monoisotopic (exact) mass is 455 g/mol. The smallest absolute Gasteiger partial charge is 0.261 e. The van der Waals surface area contributed by atoms with Crippen LogP contribution >= 0.6 is 11.3 Å². The van der Waals surface area contributed by atoms with Crippen LogP contribution in [0.4, 0.5) is 4.39 Å². The summed E-state index contributed by atoms with van der Waals surface area (Å²) in [6.07, 6.45) is 0.896. The van der Waals surface area contributed by atoms with Crippen LogP contribution in [0, 0.1) is 5.82 Å². The molecule has 0 spiro atoms. The Labute approximate surface area is 192 Å². The summed E-state index contributed by atoms with van der Waals surface area (Å²) in [5, 5.41) is 3.51. The van der Waals surface area contributed by atoms with E-state index in [-0.39, 0.29) is 18.3 Å². The molecule has 1 amide bonds. The van der Waals surface area contributed by atoms with Crippen LogP contribution in [0.25, 0.3) is 10.1 Å². The quantitative estimate of drug-likeness (QED) is 0.487. The molecule has 1 aliphatic heterocycles. The number of ether oxygens (including phenoxy) is 1.